The van der Waals surface area contributed by atoms with Crippen LogP contribution in [0, 0.1) is 5.21 Å². The van der Waals surface area contributed by atoms with E-state index in [0.717, 1.165) is 9.76 Å². The molecule has 0 radical (unpaired) electrons. The molecule has 0 amide bonds. The summed E-state index contributed by atoms with van der Waals surface area (Å²) in [7, 11) is 0. The number of nitrogens with zero attached hydrogens (tertiary/aromatic N) is 1. The standard InChI is InChI=1S/C17H15NOS/c1-13(20-17-11-4-5-12-18(17)19)15-10-6-8-14-7-2-3-9-16(14)15/h2-13H,1H3/t13-/m1/s1. The molecule has 3 rings (SSSR count). The summed E-state index contributed by atoms with van der Waals surface area (Å²) in [4.78, 5) is 0. The smallest absolute Gasteiger partial charge is 0.251 e. The predicted octanol–water partition coefficient (Wildman–Crippen LogP) is 4.33. The van der Waals surface area contributed by atoms with Gasteiger partial charge in [-0.3, -0.25) is 0 Å². The Balaban J connectivity index is 1.97. The van der Waals surface area contributed by atoms with Gasteiger partial charge in [-0.1, -0.05) is 42.5 Å². The summed E-state index contributed by atoms with van der Waals surface area (Å²) in [6, 6.07) is 20.2. The first-order valence-electron chi connectivity index (χ1n) is 6.58. The van der Waals surface area contributed by atoms with Crippen LogP contribution >= 0.6 is 11.8 Å². The molecule has 0 N–H and O–H groups in total. The lowest BCUT2D eigenvalue weighted by atomic mass is 10.0. The zero-order chi connectivity index (χ0) is 13.9. The minimum atomic E-state index is 0.226. The van der Waals surface area contributed by atoms with E-state index in [1.54, 1.807) is 17.8 Å². The minimum Gasteiger partial charge on any atom is -0.618 e. The lowest BCUT2D eigenvalue weighted by Gasteiger charge is -2.13. The van der Waals surface area contributed by atoms with Crippen molar-refractivity contribution in [2.75, 3.05) is 0 Å². The zero-order valence-corrected chi connectivity index (χ0v) is 12.0. The molecule has 20 heavy (non-hydrogen) atoms. The number of hydrogen-bond donors (Lipinski definition) is 0. The van der Waals surface area contributed by atoms with E-state index in [2.05, 4.69) is 43.3 Å². The van der Waals surface area contributed by atoms with Gasteiger partial charge in [0.1, 0.15) is 0 Å². The van der Waals surface area contributed by atoms with Crippen molar-refractivity contribution in [3.8, 4) is 0 Å². The van der Waals surface area contributed by atoms with Crippen molar-refractivity contribution in [2.24, 2.45) is 0 Å². The fourth-order valence-corrected chi connectivity index (χ4v) is 3.37. The van der Waals surface area contributed by atoms with Crippen molar-refractivity contribution in [1.82, 2.24) is 0 Å². The molecule has 3 aromatic rings. The van der Waals surface area contributed by atoms with Crippen LogP contribution in [-0.4, -0.2) is 0 Å². The van der Waals surface area contributed by atoms with Crippen molar-refractivity contribution >= 4 is 22.5 Å². The number of thioether (sulfide) groups is 1. The van der Waals surface area contributed by atoms with Crippen LogP contribution in [0.15, 0.2) is 71.9 Å². The Morgan fingerprint density at radius 3 is 2.55 bits per heavy atom. The summed E-state index contributed by atoms with van der Waals surface area (Å²) in [5.41, 5.74) is 1.26. The zero-order valence-electron chi connectivity index (χ0n) is 11.2. The molecule has 2 aromatic carbocycles. The summed E-state index contributed by atoms with van der Waals surface area (Å²) in [6.45, 7) is 2.14. The van der Waals surface area contributed by atoms with Gasteiger partial charge in [0.15, 0.2) is 6.20 Å². The molecular weight excluding hydrogens is 266 g/mol. The summed E-state index contributed by atoms with van der Waals surface area (Å²) in [5, 5.41) is 15.2. The van der Waals surface area contributed by atoms with Gasteiger partial charge in [-0.05, 0) is 41.1 Å². The van der Waals surface area contributed by atoms with Crippen LogP contribution in [0.2, 0.25) is 0 Å². The Labute approximate surface area is 122 Å². The number of hydrogen-bond acceptors (Lipinski definition) is 2. The third kappa shape index (κ3) is 2.49. The van der Waals surface area contributed by atoms with Gasteiger partial charge in [0.2, 0.25) is 0 Å². The molecule has 1 atom stereocenters. The molecular formula is C17H15NOS. The average Bonchev–Trinajstić information content (AvgIpc) is 2.49. The van der Waals surface area contributed by atoms with Crippen LogP contribution in [0.25, 0.3) is 10.8 Å². The van der Waals surface area contributed by atoms with Crippen molar-refractivity contribution in [2.45, 2.75) is 17.2 Å². The van der Waals surface area contributed by atoms with Crippen molar-refractivity contribution in [1.29, 1.82) is 0 Å². The van der Waals surface area contributed by atoms with E-state index >= 15 is 0 Å². The van der Waals surface area contributed by atoms with Crippen molar-refractivity contribution in [3.63, 3.8) is 0 Å². The summed E-state index contributed by atoms with van der Waals surface area (Å²) in [5.74, 6) is 0. The van der Waals surface area contributed by atoms with E-state index in [9.17, 15) is 5.21 Å². The van der Waals surface area contributed by atoms with Gasteiger partial charge in [-0.15, -0.1) is 0 Å². The highest BCUT2D eigenvalue weighted by atomic mass is 32.2. The maximum Gasteiger partial charge on any atom is 0.251 e. The summed E-state index contributed by atoms with van der Waals surface area (Å²) < 4.78 is 0.923. The SMILES string of the molecule is C[C@@H](Sc1cccc[n+]1[O-])c1cccc2ccccc12. The highest BCUT2D eigenvalue weighted by molar-refractivity contribution is 7.99. The van der Waals surface area contributed by atoms with Gasteiger partial charge in [0, 0.05) is 17.4 Å². The Hall–Kier alpha value is -2.00. The molecule has 3 heteroatoms. The molecule has 0 unspecified atom stereocenters. The summed E-state index contributed by atoms with van der Waals surface area (Å²) >= 11 is 1.59. The molecule has 100 valence electrons. The average molecular weight is 281 g/mol. The van der Waals surface area contributed by atoms with Gasteiger partial charge in [0.25, 0.3) is 5.03 Å². The lowest BCUT2D eigenvalue weighted by Crippen LogP contribution is -2.27. The Morgan fingerprint density at radius 2 is 1.70 bits per heavy atom. The Morgan fingerprint density at radius 1 is 0.950 bits per heavy atom. The van der Waals surface area contributed by atoms with E-state index in [4.69, 9.17) is 0 Å². The second kappa shape index (κ2) is 5.55. The lowest BCUT2D eigenvalue weighted by molar-refractivity contribution is -0.645. The maximum absolute atomic E-state index is 11.7. The quantitative estimate of drug-likeness (QED) is 0.406. The summed E-state index contributed by atoms with van der Waals surface area (Å²) in [6.07, 6.45) is 1.54. The first-order chi connectivity index (χ1) is 9.75. The molecule has 0 saturated heterocycles. The molecule has 1 heterocycles. The highest BCUT2D eigenvalue weighted by Crippen LogP contribution is 2.36. The van der Waals surface area contributed by atoms with E-state index < -0.39 is 0 Å². The van der Waals surface area contributed by atoms with Gasteiger partial charge in [-0.2, -0.15) is 4.73 Å². The molecule has 0 bridgehead atoms. The van der Waals surface area contributed by atoms with Crippen molar-refractivity contribution in [3.05, 3.63) is 77.6 Å². The van der Waals surface area contributed by atoms with Crippen LogP contribution in [-0.2, 0) is 0 Å². The number of pyridine rings is 1. The topological polar surface area (TPSA) is 26.9 Å². The Bertz CT molecular complexity index is 736. The molecule has 0 aliphatic rings. The minimum absolute atomic E-state index is 0.226. The van der Waals surface area contributed by atoms with E-state index in [0.29, 0.717) is 0 Å². The van der Waals surface area contributed by atoms with Crippen LogP contribution < -0.4 is 4.73 Å². The molecule has 0 fully saturated rings. The van der Waals surface area contributed by atoms with E-state index in [1.165, 1.54) is 22.5 Å². The number of rotatable bonds is 3. The third-order valence-corrected chi connectivity index (χ3v) is 4.51. The van der Waals surface area contributed by atoms with Gasteiger partial charge >= 0.3 is 0 Å². The number of benzene rings is 2. The predicted molar refractivity (Wildman–Crippen MR) is 83.6 cm³/mol. The van der Waals surface area contributed by atoms with Crippen LogP contribution in [0.4, 0.5) is 0 Å². The van der Waals surface area contributed by atoms with Crippen LogP contribution in [0.3, 0.4) is 0 Å². The largest absolute Gasteiger partial charge is 0.618 e. The first kappa shape index (κ1) is 13.0. The van der Waals surface area contributed by atoms with Crippen molar-refractivity contribution < 1.29 is 4.73 Å². The number of fused-ring (bicyclic) bond motifs is 1. The molecule has 1 aromatic heterocycles. The highest BCUT2D eigenvalue weighted by Gasteiger charge is 2.15. The first-order valence-corrected chi connectivity index (χ1v) is 7.46. The molecule has 0 aliphatic heterocycles. The van der Waals surface area contributed by atoms with E-state index in [-0.39, 0.29) is 5.25 Å². The monoisotopic (exact) mass is 281 g/mol. The van der Waals surface area contributed by atoms with Gasteiger partial charge < -0.3 is 5.21 Å². The van der Waals surface area contributed by atoms with Gasteiger partial charge in [-0.25, -0.2) is 0 Å². The second-order valence-electron chi connectivity index (χ2n) is 4.69. The normalized spacial score (nSPS) is 12.4. The maximum atomic E-state index is 11.7. The molecule has 2 nitrogen and oxygen atoms in total. The number of aromatic nitrogens is 1. The van der Waals surface area contributed by atoms with E-state index in [1.807, 2.05) is 18.2 Å². The second-order valence-corrected chi connectivity index (χ2v) is 6.05. The van der Waals surface area contributed by atoms with Gasteiger partial charge in [0.05, 0.1) is 0 Å². The molecule has 0 spiro atoms. The third-order valence-electron chi connectivity index (χ3n) is 3.35. The fraction of sp³-hybridized carbons (Fsp3) is 0.118. The molecule has 0 aliphatic carbocycles. The van der Waals surface area contributed by atoms with Crippen LogP contribution in [0.5, 0.6) is 0 Å². The Kier molecular flexibility index (Phi) is 3.61. The molecule has 0 saturated carbocycles. The fourth-order valence-electron chi connectivity index (χ4n) is 2.35. The van der Waals surface area contributed by atoms with Crippen LogP contribution in [0.1, 0.15) is 17.7 Å².